The fourth-order valence-electron chi connectivity index (χ4n) is 5.14. The third-order valence-electron chi connectivity index (χ3n) is 7.54. The van der Waals surface area contributed by atoms with Crippen LogP contribution >= 0.6 is 57.7 Å². The Kier molecular flexibility index (Phi) is 7.07. The van der Waals surface area contributed by atoms with Crippen molar-refractivity contribution in [3.05, 3.63) is 91.2 Å². The summed E-state index contributed by atoms with van der Waals surface area (Å²) in [5, 5.41) is 12.0. The normalized spacial score (nSPS) is 15.3. The molecule has 0 bridgehead atoms. The van der Waals surface area contributed by atoms with E-state index in [1.807, 2.05) is 36.4 Å². The summed E-state index contributed by atoms with van der Waals surface area (Å²) >= 11 is 22.8. The van der Waals surface area contributed by atoms with Gasteiger partial charge in [-0.3, -0.25) is 0 Å². The Bertz CT molecular complexity index is 1790. The van der Waals surface area contributed by atoms with Crippen LogP contribution in [0.2, 0.25) is 15.1 Å². The molecule has 0 unspecified atom stereocenters. The summed E-state index contributed by atoms with van der Waals surface area (Å²) in [4.78, 5) is 19.4. The van der Waals surface area contributed by atoms with E-state index in [4.69, 9.17) is 43.9 Å². The first-order chi connectivity index (χ1) is 19.9. The van der Waals surface area contributed by atoms with Gasteiger partial charge in [0.1, 0.15) is 12.4 Å². The van der Waals surface area contributed by atoms with Gasteiger partial charge in [0.2, 0.25) is 0 Å². The number of carbonyl (C=O) groups is 1. The number of carboxylic acids is 1. The number of ether oxygens (including phenoxy) is 1. The quantitative estimate of drug-likeness (QED) is 0.182. The first-order valence-electron chi connectivity index (χ1n) is 13.1. The highest BCUT2D eigenvalue weighted by atomic mass is 35.5. The van der Waals surface area contributed by atoms with Crippen molar-refractivity contribution < 1.29 is 14.6 Å². The van der Waals surface area contributed by atoms with E-state index in [1.54, 1.807) is 18.2 Å². The fourth-order valence-corrected chi connectivity index (χ4v) is 8.11. The second kappa shape index (κ2) is 10.7. The van der Waals surface area contributed by atoms with Crippen molar-refractivity contribution in [2.75, 3.05) is 18.0 Å². The maximum atomic E-state index is 11.3. The van der Waals surface area contributed by atoms with E-state index in [2.05, 4.69) is 9.88 Å². The Labute approximate surface area is 259 Å². The van der Waals surface area contributed by atoms with Crippen LogP contribution in [0.4, 0.5) is 5.13 Å². The zero-order valence-electron chi connectivity index (χ0n) is 21.4. The molecular weight excluding hydrogens is 621 g/mol. The molecule has 0 amide bonds. The molecule has 41 heavy (non-hydrogen) atoms. The lowest BCUT2D eigenvalue weighted by Crippen LogP contribution is -2.45. The van der Waals surface area contributed by atoms with Crippen molar-refractivity contribution in [3.63, 3.8) is 0 Å². The largest absolute Gasteiger partial charge is 0.489 e. The van der Waals surface area contributed by atoms with Crippen molar-refractivity contribution >= 4 is 79.0 Å². The summed E-state index contributed by atoms with van der Waals surface area (Å²) in [6.07, 6.45) is 2.31. The Balaban J connectivity index is 1.05. The molecule has 1 aliphatic heterocycles. The molecule has 2 aromatic heterocycles. The third kappa shape index (κ3) is 5.17. The SMILES string of the molecule is O=C(O)c1ccc2nc(N3CC(c4ccc(OCc5c(-c6c(Cl)cccc6Cl)nsc5C5CC5)cc4Cl)C3)sc2c1. The highest BCUT2D eigenvalue weighted by molar-refractivity contribution is 7.22. The molecule has 1 saturated heterocycles. The maximum Gasteiger partial charge on any atom is 0.335 e. The van der Waals surface area contributed by atoms with E-state index >= 15 is 0 Å². The molecule has 7 rings (SSSR count). The summed E-state index contributed by atoms with van der Waals surface area (Å²) < 4.78 is 11.9. The van der Waals surface area contributed by atoms with E-state index in [9.17, 15) is 9.90 Å². The summed E-state index contributed by atoms with van der Waals surface area (Å²) in [7, 11) is 0. The molecule has 6 nitrogen and oxygen atoms in total. The average Bonchev–Trinajstić information content (AvgIpc) is 3.54. The van der Waals surface area contributed by atoms with Gasteiger partial charge in [-0.25, -0.2) is 9.78 Å². The lowest BCUT2D eigenvalue weighted by atomic mass is 9.92. The first kappa shape index (κ1) is 27.0. The third-order valence-corrected chi connectivity index (χ3v) is 10.6. The number of aromatic carboxylic acids is 1. The summed E-state index contributed by atoms with van der Waals surface area (Å²) in [5.74, 6) is 0.547. The molecule has 11 heteroatoms. The predicted molar refractivity (Wildman–Crippen MR) is 167 cm³/mol. The van der Waals surface area contributed by atoms with Crippen LogP contribution in [0.15, 0.2) is 54.6 Å². The zero-order chi connectivity index (χ0) is 28.2. The molecule has 0 radical (unpaired) electrons. The van der Waals surface area contributed by atoms with Gasteiger partial charge >= 0.3 is 5.97 Å². The van der Waals surface area contributed by atoms with Crippen molar-refractivity contribution in [2.45, 2.75) is 31.3 Å². The van der Waals surface area contributed by atoms with Crippen LogP contribution in [0.5, 0.6) is 5.75 Å². The van der Waals surface area contributed by atoms with Crippen LogP contribution in [0, 0.1) is 0 Å². The summed E-state index contributed by atoms with van der Waals surface area (Å²) in [5.41, 5.74) is 4.72. The molecule has 3 aromatic carbocycles. The van der Waals surface area contributed by atoms with Crippen molar-refractivity contribution in [1.29, 1.82) is 0 Å². The van der Waals surface area contributed by atoms with Crippen LogP contribution in [-0.2, 0) is 6.61 Å². The Morgan fingerprint density at radius 3 is 2.49 bits per heavy atom. The van der Waals surface area contributed by atoms with Gasteiger partial charge in [-0.05, 0) is 78.3 Å². The van der Waals surface area contributed by atoms with E-state index < -0.39 is 5.97 Å². The number of aromatic nitrogens is 2. The van der Waals surface area contributed by atoms with Crippen LogP contribution < -0.4 is 9.64 Å². The number of fused-ring (bicyclic) bond motifs is 1. The van der Waals surface area contributed by atoms with Crippen LogP contribution in [0.3, 0.4) is 0 Å². The Hall–Kier alpha value is -2.88. The summed E-state index contributed by atoms with van der Waals surface area (Å²) in [6, 6.07) is 16.4. The molecular formula is C30H22Cl3N3O3S2. The van der Waals surface area contributed by atoms with E-state index in [1.165, 1.54) is 27.7 Å². The molecule has 1 N–H and O–H groups in total. The molecule has 1 aliphatic carbocycles. The van der Waals surface area contributed by atoms with E-state index in [-0.39, 0.29) is 11.5 Å². The smallest absolute Gasteiger partial charge is 0.335 e. The second-order valence-electron chi connectivity index (χ2n) is 10.3. The lowest BCUT2D eigenvalue weighted by Gasteiger charge is -2.39. The monoisotopic (exact) mass is 641 g/mol. The van der Waals surface area contributed by atoms with Gasteiger partial charge < -0.3 is 14.7 Å². The van der Waals surface area contributed by atoms with Gasteiger partial charge in [0.25, 0.3) is 0 Å². The molecule has 1 saturated carbocycles. The minimum atomic E-state index is -0.936. The second-order valence-corrected chi connectivity index (χ2v) is 13.3. The van der Waals surface area contributed by atoms with Crippen molar-refractivity contribution in [3.8, 4) is 17.0 Å². The molecule has 5 aromatic rings. The average molecular weight is 643 g/mol. The molecule has 0 atom stereocenters. The first-order valence-corrected chi connectivity index (χ1v) is 15.8. The molecule has 208 valence electrons. The zero-order valence-corrected chi connectivity index (χ0v) is 25.3. The van der Waals surface area contributed by atoms with Gasteiger partial charge in [0.15, 0.2) is 5.13 Å². The number of rotatable bonds is 8. The maximum absolute atomic E-state index is 11.3. The Morgan fingerprint density at radius 1 is 1.00 bits per heavy atom. The van der Waals surface area contributed by atoms with Crippen LogP contribution in [0.1, 0.15) is 51.0 Å². The topological polar surface area (TPSA) is 75.5 Å². The van der Waals surface area contributed by atoms with Crippen LogP contribution in [-0.4, -0.2) is 33.5 Å². The van der Waals surface area contributed by atoms with Crippen LogP contribution in [0.25, 0.3) is 21.5 Å². The summed E-state index contributed by atoms with van der Waals surface area (Å²) in [6.45, 7) is 1.94. The number of thiazole rings is 1. The number of hydrogen-bond donors (Lipinski definition) is 1. The van der Waals surface area contributed by atoms with E-state index in [0.717, 1.165) is 63.7 Å². The predicted octanol–water partition coefficient (Wildman–Crippen LogP) is 9.14. The number of halogens is 3. The van der Waals surface area contributed by atoms with Crippen molar-refractivity contribution in [1.82, 2.24) is 9.36 Å². The molecule has 3 heterocycles. The van der Waals surface area contributed by atoms with Gasteiger partial charge in [0.05, 0.1) is 31.5 Å². The number of carboxylic acid groups (broad SMARTS) is 1. The van der Waals surface area contributed by atoms with Gasteiger partial charge in [-0.15, -0.1) is 0 Å². The Morgan fingerprint density at radius 2 is 1.78 bits per heavy atom. The minimum absolute atomic E-state index is 0.270. The highest BCUT2D eigenvalue weighted by Gasteiger charge is 2.33. The van der Waals surface area contributed by atoms with Gasteiger partial charge in [0, 0.05) is 40.0 Å². The standard InChI is InChI=1S/C30H22Cl3N3O3S2/c31-21-2-1-3-22(32)26(21)27-20(28(41-35-27)15-4-5-15)14-39-18-7-8-19(23(33)11-18)17-12-36(13-17)30-34-24-9-6-16(29(37)38)10-25(24)40-30/h1-3,6-11,15,17H,4-5,12-14H2,(H,37,38). The number of nitrogens with zero attached hydrogens (tertiary/aromatic N) is 3. The number of anilines is 1. The number of hydrogen-bond acceptors (Lipinski definition) is 7. The van der Waals surface area contributed by atoms with Gasteiger partial charge in [-0.2, -0.15) is 4.37 Å². The number of benzene rings is 3. The van der Waals surface area contributed by atoms with Crippen molar-refractivity contribution in [2.24, 2.45) is 0 Å². The van der Waals surface area contributed by atoms with E-state index in [0.29, 0.717) is 33.3 Å². The molecule has 2 aliphatic rings. The highest BCUT2D eigenvalue weighted by Crippen LogP contribution is 2.48. The minimum Gasteiger partial charge on any atom is -0.489 e. The molecule has 2 fully saturated rings. The molecule has 0 spiro atoms. The lowest BCUT2D eigenvalue weighted by molar-refractivity contribution is 0.0697. The van der Waals surface area contributed by atoms with Gasteiger partial charge in [-0.1, -0.05) is 58.3 Å². The fraction of sp³-hybridized carbons (Fsp3) is 0.233.